The number of nitrogens with one attached hydrogen (secondary N) is 1. The fourth-order valence-electron chi connectivity index (χ4n) is 3.89. The van der Waals surface area contributed by atoms with E-state index in [1.165, 1.54) is 5.56 Å². The minimum absolute atomic E-state index is 0.243. The van der Waals surface area contributed by atoms with Gasteiger partial charge in [0.25, 0.3) is 0 Å². The van der Waals surface area contributed by atoms with Crippen LogP contribution < -0.4 is 10.1 Å². The van der Waals surface area contributed by atoms with Gasteiger partial charge in [0.15, 0.2) is 5.82 Å². The molecule has 0 unspecified atom stereocenters. The van der Waals surface area contributed by atoms with Gasteiger partial charge in [-0.15, -0.1) is 5.10 Å². The second kappa shape index (κ2) is 6.25. The minimum atomic E-state index is 0.243. The molecule has 0 amide bonds. The van der Waals surface area contributed by atoms with Crippen LogP contribution in [0.15, 0.2) is 36.8 Å². The first kappa shape index (κ1) is 15.6. The average Bonchev–Trinajstić information content (AvgIpc) is 3.39. The standard InChI is InChI=1S/C19H22N6O/c1-13-10-14-11-16(2-3-18(14)26-13)24-9-8-21-19(24)17-12-25(23-22-17)15-4-6-20-7-5-15/h2-3,8-9,11-13,15,20H,4-7,10H2,1H3/t13-/m0/s1. The Bertz CT molecular complexity index is 924. The van der Waals surface area contributed by atoms with E-state index in [2.05, 4.69) is 44.2 Å². The second-order valence-electron chi connectivity index (χ2n) is 7.11. The molecule has 0 radical (unpaired) electrons. The molecule has 2 aromatic heterocycles. The molecule has 2 aliphatic heterocycles. The van der Waals surface area contributed by atoms with Crippen LogP contribution in [0.1, 0.15) is 31.4 Å². The zero-order valence-corrected chi connectivity index (χ0v) is 14.8. The summed E-state index contributed by atoms with van der Waals surface area (Å²) in [7, 11) is 0. The Morgan fingerprint density at radius 2 is 2.12 bits per heavy atom. The summed E-state index contributed by atoms with van der Waals surface area (Å²) in [5, 5.41) is 12.1. The molecule has 0 spiro atoms. The fourth-order valence-corrected chi connectivity index (χ4v) is 3.89. The summed E-state index contributed by atoms with van der Waals surface area (Å²) in [6.45, 7) is 4.16. The van der Waals surface area contributed by atoms with Gasteiger partial charge >= 0.3 is 0 Å². The summed E-state index contributed by atoms with van der Waals surface area (Å²) in [6.07, 6.45) is 9.16. The Hall–Kier alpha value is -2.67. The van der Waals surface area contributed by atoms with Gasteiger partial charge in [0.2, 0.25) is 0 Å². The molecule has 3 aromatic rings. The van der Waals surface area contributed by atoms with E-state index in [4.69, 9.17) is 4.74 Å². The van der Waals surface area contributed by atoms with Crippen LogP contribution in [0.4, 0.5) is 0 Å². The molecule has 1 fully saturated rings. The van der Waals surface area contributed by atoms with Crippen molar-refractivity contribution in [3.8, 4) is 23.0 Å². The second-order valence-corrected chi connectivity index (χ2v) is 7.11. The topological polar surface area (TPSA) is 69.8 Å². The van der Waals surface area contributed by atoms with Crippen LogP contribution in [0.5, 0.6) is 5.75 Å². The number of fused-ring (bicyclic) bond motifs is 1. The van der Waals surface area contributed by atoms with E-state index in [1.807, 2.05) is 29.3 Å². The van der Waals surface area contributed by atoms with Crippen LogP contribution in [0.3, 0.4) is 0 Å². The van der Waals surface area contributed by atoms with E-state index in [0.29, 0.717) is 6.04 Å². The van der Waals surface area contributed by atoms with Crippen LogP contribution in [0.2, 0.25) is 0 Å². The Labute approximate surface area is 152 Å². The Balaban J connectivity index is 1.47. The van der Waals surface area contributed by atoms with Crippen molar-refractivity contribution in [3.63, 3.8) is 0 Å². The molecular weight excluding hydrogens is 328 g/mol. The third-order valence-corrected chi connectivity index (χ3v) is 5.22. The molecule has 2 aliphatic rings. The molecule has 5 rings (SSSR count). The maximum absolute atomic E-state index is 5.81. The minimum Gasteiger partial charge on any atom is -0.490 e. The SMILES string of the molecule is C[C@H]1Cc2cc(-n3ccnc3-c3cn(C4CCNCC4)nn3)ccc2O1. The number of imidazole rings is 1. The molecular formula is C19H22N6O. The lowest BCUT2D eigenvalue weighted by atomic mass is 10.1. The smallest absolute Gasteiger partial charge is 0.166 e. The van der Waals surface area contributed by atoms with E-state index in [9.17, 15) is 0 Å². The normalized spacial score (nSPS) is 20.1. The molecule has 0 saturated carbocycles. The van der Waals surface area contributed by atoms with Gasteiger partial charge in [-0.1, -0.05) is 5.21 Å². The Morgan fingerprint density at radius 1 is 1.23 bits per heavy atom. The maximum atomic E-state index is 5.81. The predicted molar refractivity (Wildman–Crippen MR) is 97.5 cm³/mol. The van der Waals surface area contributed by atoms with Crippen molar-refractivity contribution in [1.29, 1.82) is 0 Å². The lowest BCUT2D eigenvalue weighted by Crippen LogP contribution is -2.29. The van der Waals surface area contributed by atoms with Gasteiger partial charge in [-0.25, -0.2) is 9.67 Å². The predicted octanol–water partition coefficient (Wildman–Crippen LogP) is 2.38. The number of benzene rings is 1. The Morgan fingerprint density at radius 3 is 3.00 bits per heavy atom. The molecule has 1 N–H and O–H groups in total. The van der Waals surface area contributed by atoms with Crippen LogP contribution in [0.25, 0.3) is 17.2 Å². The third kappa shape index (κ3) is 2.68. The Kier molecular flexibility index (Phi) is 3.74. The van der Waals surface area contributed by atoms with Crippen molar-refractivity contribution in [2.45, 2.75) is 38.3 Å². The summed E-state index contributed by atoms with van der Waals surface area (Å²) in [4.78, 5) is 4.53. The van der Waals surface area contributed by atoms with Crippen molar-refractivity contribution in [2.24, 2.45) is 0 Å². The highest BCUT2D eigenvalue weighted by Gasteiger charge is 2.21. The van der Waals surface area contributed by atoms with Crippen LogP contribution in [-0.4, -0.2) is 43.7 Å². The molecule has 0 bridgehead atoms. The van der Waals surface area contributed by atoms with Gasteiger partial charge in [-0.05, 0) is 56.6 Å². The summed E-state index contributed by atoms with van der Waals surface area (Å²) in [5.74, 6) is 1.80. The molecule has 0 aliphatic carbocycles. The monoisotopic (exact) mass is 350 g/mol. The molecule has 26 heavy (non-hydrogen) atoms. The molecule has 7 heteroatoms. The highest BCUT2D eigenvalue weighted by Crippen LogP contribution is 2.31. The van der Waals surface area contributed by atoms with Crippen molar-refractivity contribution < 1.29 is 4.74 Å². The molecule has 134 valence electrons. The first-order valence-electron chi connectivity index (χ1n) is 9.24. The largest absolute Gasteiger partial charge is 0.490 e. The van der Waals surface area contributed by atoms with Gasteiger partial charge < -0.3 is 10.1 Å². The number of piperidine rings is 1. The quantitative estimate of drug-likeness (QED) is 0.785. The fraction of sp³-hybridized carbons (Fsp3) is 0.421. The van der Waals surface area contributed by atoms with Gasteiger partial charge in [0, 0.05) is 24.5 Å². The number of nitrogens with zero attached hydrogens (tertiary/aromatic N) is 5. The highest BCUT2D eigenvalue weighted by molar-refractivity contribution is 5.55. The lowest BCUT2D eigenvalue weighted by molar-refractivity contribution is 0.254. The number of rotatable bonds is 3. The number of aromatic nitrogens is 5. The summed E-state index contributed by atoms with van der Waals surface area (Å²) in [5.41, 5.74) is 3.12. The van der Waals surface area contributed by atoms with E-state index >= 15 is 0 Å². The first-order chi connectivity index (χ1) is 12.8. The average molecular weight is 350 g/mol. The maximum Gasteiger partial charge on any atom is 0.166 e. The van der Waals surface area contributed by atoms with E-state index in [0.717, 1.165) is 55.3 Å². The zero-order chi connectivity index (χ0) is 17.5. The van der Waals surface area contributed by atoms with Gasteiger partial charge in [0.1, 0.15) is 17.5 Å². The van der Waals surface area contributed by atoms with Crippen molar-refractivity contribution >= 4 is 0 Å². The first-order valence-corrected chi connectivity index (χ1v) is 9.24. The third-order valence-electron chi connectivity index (χ3n) is 5.22. The van der Waals surface area contributed by atoms with Crippen LogP contribution in [-0.2, 0) is 6.42 Å². The van der Waals surface area contributed by atoms with E-state index < -0.39 is 0 Å². The number of hydrogen-bond acceptors (Lipinski definition) is 5. The summed E-state index contributed by atoms with van der Waals surface area (Å²) < 4.78 is 9.87. The van der Waals surface area contributed by atoms with E-state index in [-0.39, 0.29) is 6.10 Å². The van der Waals surface area contributed by atoms with Crippen molar-refractivity contribution in [3.05, 3.63) is 42.4 Å². The number of hydrogen-bond donors (Lipinski definition) is 1. The number of ether oxygens (including phenoxy) is 1. The molecule has 1 saturated heterocycles. The lowest BCUT2D eigenvalue weighted by Gasteiger charge is -2.22. The molecule has 1 atom stereocenters. The van der Waals surface area contributed by atoms with Gasteiger partial charge in [-0.3, -0.25) is 4.57 Å². The summed E-state index contributed by atoms with van der Waals surface area (Å²) in [6, 6.07) is 6.71. The van der Waals surface area contributed by atoms with Crippen molar-refractivity contribution in [2.75, 3.05) is 13.1 Å². The van der Waals surface area contributed by atoms with Gasteiger partial charge in [-0.2, -0.15) is 0 Å². The molecule has 7 nitrogen and oxygen atoms in total. The van der Waals surface area contributed by atoms with E-state index in [1.54, 1.807) is 0 Å². The summed E-state index contributed by atoms with van der Waals surface area (Å²) >= 11 is 0. The molecule has 1 aromatic carbocycles. The van der Waals surface area contributed by atoms with Gasteiger partial charge in [0.05, 0.1) is 12.2 Å². The van der Waals surface area contributed by atoms with Crippen molar-refractivity contribution in [1.82, 2.24) is 29.9 Å². The van der Waals surface area contributed by atoms with Crippen LogP contribution in [0, 0.1) is 0 Å². The zero-order valence-electron chi connectivity index (χ0n) is 14.8. The molecule has 4 heterocycles. The highest BCUT2D eigenvalue weighted by atomic mass is 16.5. The van der Waals surface area contributed by atoms with Crippen LogP contribution >= 0.6 is 0 Å².